The molecule has 0 radical (unpaired) electrons. The molecular formula is C6H6AsNO2. The molecule has 0 spiro atoms. The maximum atomic E-state index is 10.4. The van der Waals surface area contributed by atoms with Crippen molar-refractivity contribution in [1.82, 2.24) is 0 Å². The number of hydrogen-bond acceptors (Lipinski definition) is 3. The van der Waals surface area contributed by atoms with E-state index in [1.54, 1.807) is 18.2 Å². The average Bonchev–Trinajstić information content (AvgIpc) is 1.95. The van der Waals surface area contributed by atoms with Crippen LogP contribution in [0, 0.1) is 0 Å². The van der Waals surface area contributed by atoms with Gasteiger partial charge in [0.05, 0.1) is 0 Å². The molecule has 52 valence electrons. The number of phenols is 1. The van der Waals surface area contributed by atoms with Crippen molar-refractivity contribution < 1.29 is 8.85 Å². The van der Waals surface area contributed by atoms with Crippen LogP contribution in [0.25, 0.3) is 0 Å². The second-order valence-electron chi connectivity index (χ2n) is 1.81. The predicted octanol–water partition coefficient (Wildman–Crippen LogP) is -0.351. The first-order valence-electron chi connectivity index (χ1n) is 2.66. The molecule has 10 heavy (non-hydrogen) atoms. The minimum atomic E-state index is -1.18. The molecule has 1 aromatic carbocycles. The fourth-order valence-electron chi connectivity index (χ4n) is 0.622. The first kappa shape index (κ1) is 7.29. The number of nitrogen functional groups attached to an aromatic ring is 1. The van der Waals surface area contributed by atoms with Crippen molar-refractivity contribution in [2.75, 3.05) is 5.73 Å². The van der Waals surface area contributed by atoms with Crippen molar-refractivity contribution in [2.45, 2.75) is 0 Å². The van der Waals surface area contributed by atoms with Crippen LogP contribution in [0.15, 0.2) is 18.2 Å². The van der Waals surface area contributed by atoms with E-state index >= 15 is 0 Å². The van der Waals surface area contributed by atoms with Crippen LogP contribution in [-0.4, -0.2) is 20.8 Å². The van der Waals surface area contributed by atoms with Gasteiger partial charge in [-0.25, -0.2) is 0 Å². The van der Waals surface area contributed by atoms with E-state index in [0.717, 1.165) is 0 Å². The Labute approximate surface area is 64.8 Å². The molecule has 0 fully saturated rings. The van der Waals surface area contributed by atoms with Crippen molar-refractivity contribution in [2.24, 2.45) is 0 Å². The second-order valence-corrected chi connectivity index (χ2v) is 3.20. The Hall–Kier alpha value is -0.822. The third kappa shape index (κ3) is 1.19. The zero-order chi connectivity index (χ0) is 7.56. The summed E-state index contributed by atoms with van der Waals surface area (Å²) in [6.45, 7) is 0. The summed E-state index contributed by atoms with van der Waals surface area (Å²) in [4.78, 5) is 0. The summed E-state index contributed by atoms with van der Waals surface area (Å²) in [5.74, 6) is -0.0440. The van der Waals surface area contributed by atoms with E-state index in [1.165, 1.54) is 0 Å². The van der Waals surface area contributed by atoms with Crippen molar-refractivity contribution >= 4 is 25.7 Å². The van der Waals surface area contributed by atoms with Crippen LogP contribution < -0.4 is 10.1 Å². The number of rotatable bonds is 1. The molecule has 0 heterocycles. The maximum absolute atomic E-state index is 10.4. The molecule has 1 aromatic rings. The molecule has 0 aliphatic rings. The first-order valence-corrected chi connectivity index (χ1v) is 4.37. The van der Waals surface area contributed by atoms with Crippen molar-refractivity contribution in [3.8, 4) is 5.75 Å². The van der Waals surface area contributed by atoms with Gasteiger partial charge in [0.2, 0.25) is 0 Å². The molecule has 0 atom stereocenters. The van der Waals surface area contributed by atoms with Gasteiger partial charge < -0.3 is 0 Å². The topological polar surface area (TPSA) is 63.3 Å². The molecule has 0 amide bonds. The van der Waals surface area contributed by atoms with Crippen LogP contribution in [0.2, 0.25) is 0 Å². The number of nitrogens with two attached hydrogens (primary N) is 1. The molecular weight excluding hydrogens is 193 g/mol. The number of phenolic OH excluding ortho intramolecular Hbond substituents is 1. The molecule has 0 unspecified atom stereocenters. The van der Waals surface area contributed by atoms with Gasteiger partial charge in [0.1, 0.15) is 0 Å². The molecule has 0 aliphatic heterocycles. The summed E-state index contributed by atoms with van der Waals surface area (Å²) >= 11 is -1.18. The quantitative estimate of drug-likeness (QED) is 0.369. The molecule has 0 saturated heterocycles. The first-order chi connectivity index (χ1) is 4.75. The van der Waals surface area contributed by atoms with Crippen molar-refractivity contribution in [1.29, 1.82) is 0 Å². The monoisotopic (exact) mass is 199 g/mol. The van der Waals surface area contributed by atoms with Crippen LogP contribution in [0.1, 0.15) is 0 Å². The molecule has 0 aromatic heterocycles. The summed E-state index contributed by atoms with van der Waals surface area (Å²) in [5, 5.41) is 9.10. The van der Waals surface area contributed by atoms with E-state index in [-0.39, 0.29) is 11.4 Å². The summed E-state index contributed by atoms with van der Waals surface area (Å²) in [5.41, 5.74) is 5.60. The number of benzene rings is 1. The third-order valence-corrected chi connectivity index (χ3v) is 2.31. The zero-order valence-electron chi connectivity index (χ0n) is 5.11. The van der Waals surface area contributed by atoms with Crippen LogP contribution in [0.4, 0.5) is 5.69 Å². The third-order valence-electron chi connectivity index (χ3n) is 1.14. The Morgan fingerprint density at radius 3 is 2.70 bits per heavy atom. The van der Waals surface area contributed by atoms with E-state index in [0.29, 0.717) is 4.35 Å². The standard InChI is InChI=1S/C6H6AsNO2/c8-5-3-1-2-4(7-10)6(5)9/h1-3,9H,8H2. The number of aromatic hydroxyl groups is 1. The Balaban J connectivity index is 3.27. The normalized spacial score (nSPS) is 10.0. The Bertz CT molecular complexity index is 262. The summed E-state index contributed by atoms with van der Waals surface area (Å²) in [7, 11) is 0. The molecule has 3 nitrogen and oxygen atoms in total. The van der Waals surface area contributed by atoms with Crippen LogP contribution >= 0.6 is 0 Å². The fourth-order valence-corrected chi connectivity index (χ4v) is 1.38. The SMILES string of the molecule is Nc1cccc([As]=O)c1O. The van der Waals surface area contributed by atoms with Gasteiger partial charge in [0, 0.05) is 0 Å². The van der Waals surface area contributed by atoms with Crippen molar-refractivity contribution in [3.63, 3.8) is 0 Å². The summed E-state index contributed by atoms with van der Waals surface area (Å²) in [6.07, 6.45) is 0. The van der Waals surface area contributed by atoms with E-state index in [1.807, 2.05) is 0 Å². The summed E-state index contributed by atoms with van der Waals surface area (Å²) in [6, 6.07) is 4.83. The molecule has 0 bridgehead atoms. The molecule has 4 heteroatoms. The Morgan fingerprint density at radius 2 is 2.20 bits per heavy atom. The van der Waals surface area contributed by atoms with Gasteiger partial charge in [-0.2, -0.15) is 0 Å². The molecule has 0 saturated carbocycles. The molecule has 0 aliphatic carbocycles. The van der Waals surface area contributed by atoms with E-state index < -0.39 is 15.7 Å². The summed E-state index contributed by atoms with van der Waals surface area (Å²) < 4.78 is 10.8. The van der Waals surface area contributed by atoms with Gasteiger partial charge in [0.25, 0.3) is 0 Å². The Morgan fingerprint density at radius 1 is 1.50 bits per heavy atom. The fraction of sp³-hybridized carbons (Fsp3) is 0. The molecule has 3 N–H and O–H groups in total. The van der Waals surface area contributed by atoms with E-state index in [2.05, 4.69) is 0 Å². The van der Waals surface area contributed by atoms with Crippen LogP contribution in [-0.2, 0) is 3.74 Å². The number of anilines is 1. The van der Waals surface area contributed by atoms with Gasteiger partial charge in [0.15, 0.2) is 0 Å². The predicted molar refractivity (Wildman–Crippen MR) is 38.6 cm³/mol. The Kier molecular flexibility index (Phi) is 2.07. The average molecular weight is 199 g/mol. The van der Waals surface area contributed by atoms with Gasteiger partial charge in [-0.15, -0.1) is 0 Å². The van der Waals surface area contributed by atoms with E-state index in [9.17, 15) is 3.74 Å². The molecule has 1 rings (SSSR count). The van der Waals surface area contributed by atoms with Gasteiger partial charge in [-0.05, 0) is 0 Å². The van der Waals surface area contributed by atoms with E-state index in [4.69, 9.17) is 10.8 Å². The van der Waals surface area contributed by atoms with Crippen molar-refractivity contribution in [3.05, 3.63) is 18.2 Å². The van der Waals surface area contributed by atoms with Gasteiger partial charge in [-0.3, -0.25) is 0 Å². The second kappa shape index (κ2) is 2.84. The van der Waals surface area contributed by atoms with Gasteiger partial charge >= 0.3 is 64.3 Å². The van der Waals surface area contributed by atoms with Gasteiger partial charge in [-0.1, -0.05) is 0 Å². The zero-order valence-corrected chi connectivity index (χ0v) is 6.99. The van der Waals surface area contributed by atoms with Crippen LogP contribution in [0.3, 0.4) is 0 Å². The minimum absolute atomic E-state index is 0.0440. The number of hydrogen-bond donors (Lipinski definition) is 2. The van der Waals surface area contributed by atoms with Crippen LogP contribution in [0.5, 0.6) is 5.75 Å². The number of para-hydroxylation sites is 1.